The molecule has 1 fully saturated rings. The van der Waals surface area contributed by atoms with E-state index in [1.54, 1.807) is 12.1 Å². The fraction of sp³-hybridized carbons (Fsp3) is 0.333. The van der Waals surface area contributed by atoms with Crippen molar-refractivity contribution in [3.8, 4) is 0 Å². The van der Waals surface area contributed by atoms with Gasteiger partial charge in [-0.2, -0.15) is 0 Å². The molecular formula is C15H15FN2OS. The summed E-state index contributed by atoms with van der Waals surface area (Å²) in [7, 11) is 0. The number of carbonyl (C=O) groups is 1. The van der Waals surface area contributed by atoms with Crippen molar-refractivity contribution in [3.63, 3.8) is 0 Å². The van der Waals surface area contributed by atoms with Crippen LogP contribution < -0.4 is 5.32 Å². The quantitative estimate of drug-likeness (QED) is 0.936. The zero-order chi connectivity index (χ0) is 14.1. The van der Waals surface area contributed by atoms with E-state index in [1.165, 1.54) is 23.5 Å². The molecule has 2 aromatic rings. The Labute approximate surface area is 120 Å². The zero-order valence-corrected chi connectivity index (χ0v) is 12.0. The lowest BCUT2D eigenvalue weighted by Gasteiger charge is -1.99. The van der Waals surface area contributed by atoms with Crippen molar-refractivity contribution in [3.05, 3.63) is 46.2 Å². The van der Waals surface area contributed by atoms with Crippen molar-refractivity contribution in [1.82, 2.24) is 4.98 Å². The maximum Gasteiger partial charge on any atom is 0.229 e. The van der Waals surface area contributed by atoms with E-state index in [1.807, 2.05) is 6.92 Å². The molecule has 0 saturated heterocycles. The Balaban J connectivity index is 1.71. The standard InChI is InChI=1S/C15H15FN2OS/c1-9-13(8-10-2-6-12(16)7-3-10)20-15(17-9)18-14(19)11-4-5-11/h2-3,6-7,11H,4-5,8H2,1H3,(H,17,18,19). The number of nitrogens with zero attached hydrogens (tertiary/aromatic N) is 1. The summed E-state index contributed by atoms with van der Waals surface area (Å²) >= 11 is 1.50. The second-order valence-electron chi connectivity index (χ2n) is 5.09. The van der Waals surface area contributed by atoms with Crippen LogP contribution in [0.15, 0.2) is 24.3 Å². The molecule has 0 unspecified atom stereocenters. The molecular weight excluding hydrogens is 275 g/mol. The predicted molar refractivity (Wildman–Crippen MR) is 77.4 cm³/mol. The number of halogens is 1. The van der Waals surface area contributed by atoms with Crippen LogP contribution in [0.3, 0.4) is 0 Å². The second kappa shape index (κ2) is 5.32. The van der Waals surface area contributed by atoms with Crippen molar-refractivity contribution < 1.29 is 9.18 Å². The third kappa shape index (κ3) is 3.04. The van der Waals surface area contributed by atoms with Crippen LogP contribution in [0, 0.1) is 18.7 Å². The number of hydrogen-bond donors (Lipinski definition) is 1. The lowest BCUT2D eigenvalue weighted by Crippen LogP contribution is -2.12. The van der Waals surface area contributed by atoms with Crippen LogP contribution in [-0.4, -0.2) is 10.9 Å². The van der Waals surface area contributed by atoms with E-state index in [0.717, 1.165) is 29.0 Å². The zero-order valence-electron chi connectivity index (χ0n) is 11.1. The molecule has 1 aliphatic carbocycles. The Bertz CT molecular complexity index is 632. The lowest BCUT2D eigenvalue weighted by atomic mass is 10.1. The van der Waals surface area contributed by atoms with E-state index >= 15 is 0 Å². The number of nitrogens with one attached hydrogen (secondary N) is 1. The molecule has 0 atom stereocenters. The van der Waals surface area contributed by atoms with Gasteiger partial charge in [-0.15, -0.1) is 11.3 Å². The monoisotopic (exact) mass is 290 g/mol. The molecule has 1 heterocycles. The molecule has 1 aliphatic rings. The first-order valence-corrected chi connectivity index (χ1v) is 7.45. The molecule has 3 nitrogen and oxygen atoms in total. The summed E-state index contributed by atoms with van der Waals surface area (Å²) in [6.07, 6.45) is 2.68. The first-order valence-electron chi connectivity index (χ1n) is 6.63. The van der Waals surface area contributed by atoms with Gasteiger partial charge in [-0.05, 0) is 37.5 Å². The molecule has 20 heavy (non-hydrogen) atoms. The third-order valence-electron chi connectivity index (χ3n) is 3.35. The Morgan fingerprint density at radius 1 is 1.40 bits per heavy atom. The molecule has 0 spiro atoms. The highest BCUT2D eigenvalue weighted by Crippen LogP contribution is 2.32. The van der Waals surface area contributed by atoms with Gasteiger partial charge in [-0.1, -0.05) is 12.1 Å². The summed E-state index contributed by atoms with van der Waals surface area (Å²) in [5.41, 5.74) is 1.96. The predicted octanol–water partition coefficient (Wildman–Crippen LogP) is 3.53. The van der Waals surface area contributed by atoms with Gasteiger partial charge in [0.05, 0.1) is 5.69 Å². The normalized spacial score (nSPS) is 14.3. The third-order valence-corrected chi connectivity index (χ3v) is 4.42. The first kappa shape index (κ1) is 13.2. The van der Waals surface area contributed by atoms with Gasteiger partial charge in [0.15, 0.2) is 5.13 Å². The molecule has 0 aliphatic heterocycles. The number of carbonyl (C=O) groups excluding carboxylic acids is 1. The van der Waals surface area contributed by atoms with Gasteiger partial charge in [0, 0.05) is 17.2 Å². The summed E-state index contributed by atoms with van der Waals surface area (Å²) in [5, 5.41) is 3.53. The molecule has 104 valence electrons. The molecule has 1 saturated carbocycles. The van der Waals surface area contributed by atoms with Crippen molar-refractivity contribution in [1.29, 1.82) is 0 Å². The first-order chi connectivity index (χ1) is 9.61. The Kier molecular flexibility index (Phi) is 3.53. The number of rotatable bonds is 4. The number of anilines is 1. The topological polar surface area (TPSA) is 42.0 Å². The largest absolute Gasteiger partial charge is 0.302 e. The van der Waals surface area contributed by atoms with Crippen molar-refractivity contribution >= 4 is 22.4 Å². The number of hydrogen-bond acceptors (Lipinski definition) is 3. The summed E-state index contributed by atoms with van der Waals surface area (Å²) in [6, 6.07) is 6.47. The Morgan fingerprint density at radius 3 is 2.75 bits per heavy atom. The molecule has 0 radical (unpaired) electrons. The van der Waals surface area contributed by atoms with Crippen LogP contribution >= 0.6 is 11.3 Å². The average Bonchev–Trinajstić information content (AvgIpc) is 3.20. The maximum atomic E-state index is 12.9. The van der Waals surface area contributed by atoms with Gasteiger partial charge >= 0.3 is 0 Å². The maximum absolute atomic E-state index is 12.9. The summed E-state index contributed by atoms with van der Waals surface area (Å²) in [4.78, 5) is 17.2. The van der Waals surface area contributed by atoms with Crippen LogP contribution in [0.1, 0.15) is 29.0 Å². The lowest BCUT2D eigenvalue weighted by molar-refractivity contribution is -0.117. The van der Waals surface area contributed by atoms with Gasteiger partial charge in [0.25, 0.3) is 0 Å². The van der Waals surface area contributed by atoms with Crippen LogP contribution in [-0.2, 0) is 11.2 Å². The smallest absolute Gasteiger partial charge is 0.229 e. The number of benzene rings is 1. The minimum Gasteiger partial charge on any atom is -0.302 e. The number of amides is 1. The minimum absolute atomic E-state index is 0.0760. The van der Waals surface area contributed by atoms with Crippen molar-refractivity contribution in [2.75, 3.05) is 5.32 Å². The van der Waals surface area contributed by atoms with Crippen LogP contribution in [0.4, 0.5) is 9.52 Å². The number of aryl methyl sites for hydroxylation is 1. The van der Waals surface area contributed by atoms with Crippen molar-refractivity contribution in [2.45, 2.75) is 26.2 Å². The van der Waals surface area contributed by atoms with Gasteiger partial charge in [-0.3, -0.25) is 4.79 Å². The van der Waals surface area contributed by atoms with E-state index in [-0.39, 0.29) is 17.6 Å². The Morgan fingerprint density at radius 2 is 2.10 bits per heavy atom. The van der Waals surface area contributed by atoms with E-state index in [0.29, 0.717) is 11.6 Å². The summed E-state index contributed by atoms with van der Waals surface area (Å²) < 4.78 is 12.9. The molecule has 1 N–H and O–H groups in total. The van der Waals surface area contributed by atoms with Gasteiger partial charge in [0.1, 0.15) is 5.82 Å². The summed E-state index contributed by atoms with van der Waals surface area (Å²) in [5.74, 6) is 0.0269. The molecule has 3 rings (SSSR count). The molecule has 1 aromatic heterocycles. The van der Waals surface area contributed by atoms with Crippen molar-refractivity contribution in [2.24, 2.45) is 5.92 Å². The Hall–Kier alpha value is -1.75. The van der Waals surface area contributed by atoms with E-state index in [9.17, 15) is 9.18 Å². The molecule has 0 bridgehead atoms. The fourth-order valence-electron chi connectivity index (χ4n) is 1.99. The van der Waals surface area contributed by atoms with Gasteiger partial charge in [0.2, 0.25) is 5.91 Å². The highest BCUT2D eigenvalue weighted by molar-refractivity contribution is 7.15. The van der Waals surface area contributed by atoms with Gasteiger partial charge < -0.3 is 5.32 Å². The van der Waals surface area contributed by atoms with Gasteiger partial charge in [-0.25, -0.2) is 9.37 Å². The highest BCUT2D eigenvalue weighted by Gasteiger charge is 2.30. The van der Waals surface area contributed by atoms with Crippen LogP contribution in [0.5, 0.6) is 0 Å². The summed E-state index contributed by atoms with van der Waals surface area (Å²) in [6.45, 7) is 1.93. The molecule has 5 heteroatoms. The highest BCUT2D eigenvalue weighted by atomic mass is 32.1. The second-order valence-corrected chi connectivity index (χ2v) is 6.18. The van der Waals surface area contributed by atoms with Crippen LogP contribution in [0.2, 0.25) is 0 Å². The minimum atomic E-state index is -0.229. The fourth-order valence-corrected chi connectivity index (χ4v) is 2.99. The average molecular weight is 290 g/mol. The SMILES string of the molecule is Cc1nc(NC(=O)C2CC2)sc1Cc1ccc(F)cc1. The molecule has 1 amide bonds. The number of thiazole rings is 1. The van der Waals surface area contributed by atoms with E-state index < -0.39 is 0 Å². The van der Waals surface area contributed by atoms with E-state index in [4.69, 9.17) is 0 Å². The van der Waals surface area contributed by atoms with Crippen LogP contribution in [0.25, 0.3) is 0 Å². The molecule has 1 aromatic carbocycles. The van der Waals surface area contributed by atoms with E-state index in [2.05, 4.69) is 10.3 Å². The number of aromatic nitrogens is 1.